The van der Waals surface area contributed by atoms with Crippen molar-refractivity contribution in [2.75, 3.05) is 18.2 Å². The number of H-pyrrole nitrogens is 1. The van der Waals surface area contributed by atoms with Crippen molar-refractivity contribution in [2.24, 2.45) is 0 Å². The van der Waals surface area contributed by atoms with Gasteiger partial charge in [-0.05, 0) is 67.3 Å². The first-order valence-corrected chi connectivity index (χ1v) is 12.2. The van der Waals surface area contributed by atoms with Crippen LogP contribution in [0.25, 0.3) is 17.8 Å². The maximum atomic E-state index is 12.8. The summed E-state index contributed by atoms with van der Waals surface area (Å²) in [5.74, 6) is 1.63. The summed E-state index contributed by atoms with van der Waals surface area (Å²) in [6, 6.07) is 13.7. The Balaban J connectivity index is 1.47. The number of hydrogen-bond donors (Lipinski definition) is 2. The van der Waals surface area contributed by atoms with Gasteiger partial charge in [-0.2, -0.15) is 5.26 Å². The normalized spacial score (nSPS) is 11.0. The first-order valence-electron chi connectivity index (χ1n) is 10.3. The van der Waals surface area contributed by atoms with Gasteiger partial charge < -0.3 is 10.1 Å². The van der Waals surface area contributed by atoms with Gasteiger partial charge >= 0.3 is 0 Å². The van der Waals surface area contributed by atoms with Crippen LogP contribution in [0.3, 0.4) is 0 Å². The van der Waals surface area contributed by atoms with Crippen molar-refractivity contribution < 1.29 is 9.53 Å². The van der Waals surface area contributed by atoms with Crippen LogP contribution in [0.1, 0.15) is 27.5 Å². The van der Waals surface area contributed by atoms with E-state index in [0.29, 0.717) is 22.4 Å². The van der Waals surface area contributed by atoms with Crippen LogP contribution < -0.4 is 10.1 Å². The minimum absolute atomic E-state index is 0.0999. The Morgan fingerprint density at radius 1 is 1.29 bits per heavy atom. The number of carbonyl (C=O) groups excluding carboxylic acids is 1. The monoisotopic (exact) mass is 490 g/mol. The topological polar surface area (TPSA) is 109 Å². The molecule has 0 aliphatic carbocycles. The molecule has 10 heteroatoms. The summed E-state index contributed by atoms with van der Waals surface area (Å²) in [6.45, 7) is 3.79. The third kappa shape index (κ3) is 5.06. The number of anilines is 1. The molecule has 0 bridgehead atoms. The second-order valence-corrected chi connectivity index (χ2v) is 9.19. The molecule has 0 spiro atoms. The summed E-state index contributed by atoms with van der Waals surface area (Å²) in [5.41, 5.74) is 2.95. The minimum atomic E-state index is -0.255. The lowest BCUT2D eigenvalue weighted by molar-refractivity contribution is -0.113. The maximum absolute atomic E-state index is 12.8. The first-order chi connectivity index (χ1) is 16.5. The molecule has 2 N–H and O–H groups in total. The number of aromatic nitrogens is 4. The number of thiophene rings is 1. The van der Waals surface area contributed by atoms with Gasteiger partial charge in [-0.15, -0.1) is 16.4 Å². The molecule has 0 atom stereocenters. The van der Waals surface area contributed by atoms with E-state index in [0.717, 1.165) is 27.6 Å². The van der Waals surface area contributed by atoms with Crippen LogP contribution in [0.4, 0.5) is 5.82 Å². The number of thioether (sulfide) groups is 1. The number of carbonyl (C=O) groups is 1. The lowest BCUT2D eigenvalue weighted by atomic mass is 10.2. The van der Waals surface area contributed by atoms with Crippen molar-refractivity contribution in [3.63, 3.8) is 0 Å². The van der Waals surface area contributed by atoms with E-state index in [1.54, 1.807) is 18.4 Å². The number of amides is 1. The van der Waals surface area contributed by atoms with Gasteiger partial charge in [-0.25, -0.2) is 4.98 Å². The molecule has 0 saturated carbocycles. The molecular weight excluding hydrogens is 468 g/mol. The zero-order valence-electron chi connectivity index (χ0n) is 18.8. The number of nitrogens with one attached hydrogen (secondary N) is 2. The van der Waals surface area contributed by atoms with E-state index in [2.05, 4.69) is 26.6 Å². The van der Waals surface area contributed by atoms with Crippen molar-refractivity contribution in [1.82, 2.24) is 19.7 Å². The number of ether oxygens (including phenoxy) is 1. The second kappa shape index (κ2) is 10.4. The molecule has 1 aromatic carbocycles. The third-order valence-electron chi connectivity index (χ3n) is 5.18. The average Bonchev–Trinajstić information content (AvgIpc) is 3.58. The zero-order valence-corrected chi connectivity index (χ0v) is 20.5. The van der Waals surface area contributed by atoms with E-state index in [1.165, 1.54) is 11.8 Å². The van der Waals surface area contributed by atoms with Crippen molar-refractivity contribution in [1.29, 1.82) is 5.26 Å². The van der Waals surface area contributed by atoms with Crippen molar-refractivity contribution in [3.8, 4) is 17.5 Å². The van der Waals surface area contributed by atoms with Crippen LogP contribution in [-0.4, -0.2) is 38.5 Å². The number of methoxy groups -OCH3 is 1. The predicted octanol–water partition coefficient (Wildman–Crippen LogP) is 5.06. The Morgan fingerprint density at radius 3 is 2.76 bits per heavy atom. The van der Waals surface area contributed by atoms with E-state index in [9.17, 15) is 10.1 Å². The molecule has 1 amide bonds. The molecule has 4 rings (SSSR count). The highest BCUT2D eigenvalue weighted by atomic mass is 32.2. The number of rotatable bonds is 8. The van der Waals surface area contributed by atoms with Crippen molar-refractivity contribution in [2.45, 2.75) is 19.0 Å². The van der Waals surface area contributed by atoms with Crippen LogP contribution >= 0.6 is 23.1 Å². The first kappa shape index (κ1) is 23.4. The van der Waals surface area contributed by atoms with Gasteiger partial charge in [0.05, 0.1) is 18.4 Å². The third-order valence-corrected chi connectivity index (χ3v) is 6.86. The van der Waals surface area contributed by atoms with E-state index >= 15 is 0 Å². The zero-order chi connectivity index (χ0) is 24.1. The largest absolute Gasteiger partial charge is 0.497 e. The molecule has 8 nitrogen and oxygen atoms in total. The smallest absolute Gasteiger partial charge is 0.236 e. The summed E-state index contributed by atoms with van der Waals surface area (Å²) in [4.78, 5) is 18.3. The standard InChI is InChI=1S/C24H22N6O2S2/c1-15-16(2)30(17-6-8-18(32-3)9-7-17)23(20(15)13-25)27-22(31)14-34-24-26-21(28-29-24)11-10-19-5-4-12-33-19/h4-12H,14H2,1-3H3,(H,27,31)(H,26,28,29)/b11-10+. The highest BCUT2D eigenvalue weighted by molar-refractivity contribution is 7.99. The summed E-state index contributed by atoms with van der Waals surface area (Å²) in [7, 11) is 1.61. The Hall–Kier alpha value is -3.81. The number of hydrogen-bond acceptors (Lipinski definition) is 7. The Morgan fingerprint density at radius 2 is 2.09 bits per heavy atom. The Kier molecular flexibility index (Phi) is 7.15. The lowest BCUT2D eigenvalue weighted by Crippen LogP contribution is -2.17. The van der Waals surface area contributed by atoms with Gasteiger partial charge in [0, 0.05) is 16.3 Å². The summed E-state index contributed by atoms with van der Waals surface area (Å²) in [6.07, 6.45) is 3.79. The number of nitrogens with zero attached hydrogens (tertiary/aromatic N) is 4. The van der Waals surface area contributed by atoms with E-state index in [1.807, 2.05) is 72.3 Å². The maximum Gasteiger partial charge on any atom is 0.236 e. The fraction of sp³-hybridized carbons (Fsp3) is 0.167. The highest BCUT2D eigenvalue weighted by Gasteiger charge is 2.21. The molecule has 0 radical (unpaired) electrons. The van der Waals surface area contributed by atoms with Gasteiger partial charge in [-0.3, -0.25) is 14.5 Å². The fourth-order valence-electron chi connectivity index (χ4n) is 3.36. The number of aromatic amines is 1. The van der Waals surface area contributed by atoms with Gasteiger partial charge in [0.25, 0.3) is 0 Å². The molecular formula is C24H22N6O2S2. The SMILES string of the molecule is COc1ccc(-n2c(C)c(C)c(C#N)c2NC(=O)CSc2n[nH]c(/C=C/c3cccs3)n2)cc1. The molecule has 0 unspecified atom stereocenters. The fourth-order valence-corrected chi connectivity index (χ4v) is 4.58. The Bertz CT molecular complexity index is 1360. The molecule has 3 aromatic heterocycles. The number of nitriles is 1. The molecule has 172 valence electrons. The highest BCUT2D eigenvalue weighted by Crippen LogP contribution is 2.31. The van der Waals surface area contributed by atoms with Crippen molar-refractivity contribution in [3.05, 3.63) is 69.3 Å². The molecule has 0 aliphatic heterocycles. The van der Waals surface area contributed by atoms with Crippen LogP contribution in [0.15, 0.2) is 46.9 Å². The summed E-state index contributed by atoms with van der Waals surface area (Å²) in [5, 5.41) is 22.1. The van der Waals surface area contributed by atoms with Gasteiger partial charge in [0.1, 0.15) is 23.5 Å². The molecule has 34 heavy (non-hydrogen) atoms. The quantitative estimate of drug-likeness (QED) is 0.334. The Labute approximate surface area is 205 Å². The minimum Gasteiger partial charge on any atom is -0.497 e. The van der Waals surface area contributed by atoms with Gasteiger partial charge in [-0.1, -0.05) is 17.8 Å². The van der Waals surface area contributed by atoms with Crippen LogP contribution in [-0.2, 0) is 4.79 Å². The lowest BCUT2D eigenvalue weighted by Gasteiger charge is -2.13. The molecule has 0 aliphatic rings. The summed E-state index contributed by atoms with van der Waals surface area (Å²) >= 11 is 2.85. The van der Waals surface area contributed by atoms with E-state index in [4.69, 9.17) is 4.74 Å². The van der Waals surface area contributed by atoms with Crippen LogP contribution in [0.2, 0.25) is 0 Å². The van der Waals surface area contributed by atoms with Crippen LogP contribution in [0.5, 0.6) is 5.75 Å². The van der Waals surface area contributed by atoms with E-state index < -0.39 is 0 Å². The number of benzene rings is 1. The predicted molar refractivity (Wildman–Crippen MR) is 135 cm³/mol. The molecule has 4 aromatic rings. The average molecular weight is 491 g/mol. The van der Waals surface area contributed by atoms with E-state index in [-0.39, 0.29) is 11.7 Å². The molecule has 0 fully saturated rings. The molecule has 0 saturated heterocycles. The molecule has 3 heterocycles. The van der Waals surface area contributed by atoms with Crippen LogP contribution in [0, 0.1) is 25.2 Å². The summed E-state index contributed by atoms with van der Waals surface area (Å²) < 4.78 is 7.11. The second-order valence-electron chi connectivity index (χ2n) is 7.27. The van der Waals surface area contributed by atoms with Crippen molar-refractivity contribution >= 4 is 47.0 Å². The van der Waals surface area contributed by atoms with Gasteiger partial charge in [0.15, 0.2) is 0 Å². The van der Waals surface area contributed by atoms with Gasteiger partial charge in [0.2, 0.25) is 11.1 Å².